The number of para-hydroxylation sites is 2. The summed E-state index contributed by atoms with van der Waals surface area (Å²) in [6.07, 6.45) is 0. The monoisotopic (exact) mass is 390 g/mol. The summed E-state index contributed by atoms with van der Waals surface area (Å²) in [5.41, 5.74) is 0.862. The molecule has 0 saturated heterocycles. The molecule has 2 rings (SSSR count). The SMILES string of the molecule is CNC(=O)C(C)N(Cc1ccc(Cl)cc1)C(=O)COc1ccccc1OC. The topological polar surface area (TPSA) is 67.9 Å². The van der Waals surface area contributed by atoms with Crippen molar-refractivity contribution in [2.45, 2.75) is 19.5 Å². The van der Waals surface area contributed by atoms with Crippen molar-refractivity contribution in [1.29, 1.82) is 0 Å². The van der Waals surface area contributed by atoms with Gasteiger partial charge in [-0.2, -0.15) is 0 Å². The fourth-order valence-electron chi connectivity index (χ4n) is 2.54. The van der Waals surface area contributed by atoms with E-state index in [1.807, 2.05) is 18.2 Å². The van der Waals surface area contributed by atoms with Crippen molar-refractivity contribution in [3.05, 3.63) is 59.1 Å². The molecular formula is C20H23ClN2O4. The summed E-state index contributed by atoms with van der Waals surface area (Å²) < 4.78 is 10.8. The highest BCUT2D eigenvalue weighted by Gasteiger charge is 2.26. The van der Waals surface area contributed by atoms with Gasteiger partial charge in [0.05, 0.1) is 7.11 Å². The van der Waals surface area contributed by atoms with Crippen molar-refractivity contribution in [1.82, 2.24) is 10.2 Å². The van der Waals surface area contributed by atoms with Crippen LogP contribution in [0.4, 0.5) is 0 Å². The number of likely N-dealkylation sites (N-methyl/N-ethyl adjacent to an activating group) is 1. The molecule has 0 aliphatic heterocycles. The Morgan fingerprint density at radius 2 is 1.74 bits per heavy atom. The zero-order valence-electron chi connectivity index (χ0n) is 15.6. The number of benzene rings is 2. The van der Waals surface area contributed by atoms with E-state index in [1.54, 1.807) is 37.3 Å². The lowest BCUT2D eigenvalue weighted by Crippen LogP contribution is -2.48. The normalized spacial score (nSPS) is 11.4. The molecule has 6 nitrogen and oxygen atoms in total. The highest BCUT2D eigenvalue weighted by molar-refractivity contribution is 6.30. The average Bonchev–Trinajstić information content (AvgIpc) is 2.70. The van der Waals surface area contributed by atoms with E-state index in [1.165, 1.54) is 19.1 Å². The van der Waals surface area contributed by atoms with Crippen LogP contribution in [0.25, 0.3) is 0 Å². The summed E-state index contributed by atoms with van der Waals surface area (Å²) in [4.78, 5) is 26.4. The molecule has 1 N–H and O–H groups in total. The first kappa shape index (κ1) is 20.6. The molecule has 0 aromatic heterocycles. The van der Waals surface area contributed by atoms with Crippen molar-refractivity contribution >= 4 is 23.4 Å². The van der Waals surface area contributed by atoms with Crippen LogP contribution in [0.3, 0.4) is 0 Å². The molecule has 0 saturated carbocycles. The van der Waals surface area contributed by atoms with Crippen molar-refractivity contribution in [2.75, 3.05) is 20.8 Å². The standard InChI is InChI=1S/C20H23ClN2O4/c1-14(20(25)22-2)23(12-15-8-10-16(21)11-9-15)19(24)13-27-18-7-5-4-6-17(18)26-3/h4-11,14H,12-13H2,1-3H3,(H,22,25). The summed E-state index contributed by atoms with van der Waals surface area (Å²) in [5.74, 6) is 0.433. The van der Waals surface area contributed by atoms with Crippen LogP contribution >= 0.6 is 11.6 Å². The van der Waals surface area contributed by atoms with Crippen LogP contribution in [0.2, 0.25) is 5.02 Å². The number of rotatable bonds is 8. The number of hydrogen-bond donors (Lipinski definition) is 1. The summed E-state index contributed by atoms with van der Waals surface area (Å²) in [5, 5.41) is 3.18. The minimum Gasteiger partial charge on any atom is -0.493 e. The molecule has 0 bridgehead atoms. The molecule has 2 aromatic rings. The minimum atomic E-state index is -0.653. The number of nitrogens with one attached hydrogen (secondary N) is 1. The molecule has 0 fully saturated rings. The van der Waals surface area contributed by atoms with Gasteiger partial charge >= 0.3 is 0 Å². The Balaban J connectivity index is 2.14. The van der Waals surface area contributed by atoms with Crippen LogP contribution in [0, 0.1) is 0 Å². The molecule has 0 aliphatic carbocycles. The van der Waals surface area contributed by atoms with Gasteiger partial charge in [0, 0.05) is 18.6 Å². The molecule has 0 aliphatic rings. The zero-order chi connectivity index (χ0) is 19.8. The zero-order valence-corrected chi connectivity index (χ0v) is 16.3. The molecule has 0 radical (unpaired) electrons. The van der Waals surface area contributed by atoms with E-state index in [0.717, 1.165) is 5.56 Å². The average molecular weight is 391 g/mol. The Morgan fingerprint density at radius 3 is 2.33 bits per heavy atom. The van der Waals surface area contributed by atoms with Crippen LogP contribution in [-0.2, 0) is 16.1 Å². The van der Waals surface area contributed by atoms with E-state index in [2.05, 4.69) is 5.32 Å². The Hall–Kier alpha value is -2.73. The van der Waals surface area contributed by atoms with E-state index in [4.69, 9.17) is 21.1 Å². The van der Waals surface area contributed by atoms with Gasteiger partial charge in [-0.1, -0.05) is 35.9 Å². The Labute approximate surface area is 164 Å². The van der Waals surface area contributed by atoms with Crippen molar-refractivity contribution in [3.8, 4) is 11.5 Å². The first-order chi connectivity index (χ1) is 13.0. The summed E-state index contributed by atoms with van der Waals surface area (Å²) in [7, 11) is 3.07. The van der Waals surface area contributed by atoms with Crippen LogP contribution in [0.5, 0.6) is 11.5 Å². The summed E-state index contributed by atoms with van der Waals surface area (Å²) in [6, 6.07) is 13.6. The van der Waals surface area contributed by atoms with E-state index in [-0.39, 0.29) is 25.0 Å². The van der Waals surface area contributed by atoms with Crippen molar-refractivity contribution < 1.29 is 19.1 Å². The van der Waals surface area contributed by atoms with Crippen molar-refractivity contribution in [3.63, 3.8) is 0 Å². The van der Waals surface area contributed by atoms with Gasteiger partial charge in [-0.3, -0.25) is 9.59 Å². The van der Waals surface area contributed by atoms with Crippen LogP contribution < -0.4 is 14.8 Å². The molecule has 1 atom stereocenters. The highest BCUT2D eigenvalue weighted by atomic mass is 35.5. The third-order valence-corrected chi connectivity index (χ3v) is 4.35. The molecule has 2 aromatic carbocycles. The largest absolute Gasteiger partial charge is 0.493 e. The number of hydrogen-bond acceptors (Lipinski definition) is 4. The van der Waals surface area contributed by atoms with Crippen LogP contribution in [0.1, 0.15) is 12.5 Å². The fourth-order valence-corrected chi connectivity index (χ4v) is 2.66. The van der Waals surface area contributed by atoms with E-state index < -0.39 is 6.04 Å². The van der Waals surface area contributed by atoms with Gasteiger partial charge < -0.3 is 19.7 Å². The maximum Gasteiger partial charge on any atom is 0.261 e. The Bertz CT molecular complexity index is 780. The fraction of sp³-hybridized carbons (Fsp3) is 0.300. The van der Waals surface area contributed by atoms with Crippen molar-refractivity contribution in [2.24, 2.45) is 0 Å². The quantitative estimate of drug-likeness (QED) is 0.752. The minimum absolute atomic E-state index is 0.213. The predicted molar refractivity (Wildman–Crippen MR) is 104 cm³/mol. The summed E-state index contributed by atoms with van der Waals surface area (Å²) >= 11 is 5.92. The second kappa shape index (κ2) is 9.83. The highest BCUT2D eigenvalue weighted by Crippen LogP contribution is 2.25. The van der Waals surface area contributed by atoms with E-state index >= 15 is 0 Å². The van der Waals surface area contributed by atoms with Gasteiger partial charge in [0.25, 0.3) is 5.91 Å². The third-order valence-electron chi connectivity index (χ3n) is 4.10. The van der Waals surface area contributed by atoms with Gasteiger partial charge in [-0.05, 0) is 36.8 Å². The Morgan fingerprint density at radius 1 is 1.11 bits per heavy atom. The molecule has 0 heterocycles. The molecule has 27 heavy (non-hydrogen) atoms. The maximum absolute atomic E-state index is 12.8. The number of methoxy groups -OCH3 is 1. The van der Waals surface area contributed by atoms with Gasteiger partial charge in [0.1, 0.15) is 6.04 Å². The lowest BCUT2D eigenvalue weighted by molar-refractivity contribution is -0.142. The lowest BCUT2D eigenvalue weighted by atomic mass is 10.1. The number of amides is 2. The number of nitrogens with zero attached hydrogens (tertiary/aromatic N) is 1. The van der Waals surface area contributed by atoms with Gasteiger partial charge in [0.15, 0.2) is 18.1 Å². The number of halogens is 1. The second-order valence-electron chi connectivity index (χ2n) is 5.88. The van der Waals surface area contributed by atoms with Crippen LogP contribution in [-0.4, -0.2) is 43.5 Å². The Kier molecular flexibility index (Phi) is 7.49. The summed E-state index contributed by atoms with van der Waals surface area (Å²) in [6.45, 7) is 1.73. The molecule has 7 heteroatoms. The maximum atomic E-state index is 12.8. The predicted octanol–water partition coefficient (Wildman–Crippen LogP) is 2.89. The molecular weight excluding hydrogens is 368 g/mol. The molecule has 2 amide bonds. The molecule has 144 valence electrons. The number of carbonyl (C=O) groups excluding carboxylic acids is 2. The third kappa shape index (κ3) is 5.62. The van der Waals surface area contributed by atoms with Gasteiger partial charge in [0.2, 0.25) is 5.91 Å². The first-order valence-electron chi connectivity index (χ1n) is 8.47. The second-order valence-corrected chi connectivity index (χ2v) is 6.31. The number of ether oxygens (including phenoxy) is 2. The molecule has 1 unspecified atom stereocenters. The first-order valence-corrected chi connectivity index (χ1v) is 8.85. The van der Waals surface area contributed by atoms with Gasteiger partial charge in [-0.25, -0.2) is 0 Å². The lowest BCUT2D eigenvalue weighted by Gasteiger charge is -2.28. The van der Waals surface area contributed by atoms with Gasteiger partial charge in [-0.15, -0.1) is 0 Å². The van der Waals surface area contributed by atoms with E-state index in [0.29, 0.717) is 16.5 Å². The van der Waals surface area contributed by atoms with E-state index in [9.17, 15) is 9.59 Å². The van der Waals surface area contributed by atoms with Crippen LogP contribution in [0.15, 0.2) is 48.5 Å². The smallest absolute Gasteiger partial charge is 0.261 e. The number of carbonyl (C=O) groups is 2. The molecule has 0 spiro atoms.